The second-order valence-electron chi connectivity index (χ2n) is 7.43. The lowest BCUT2D eigenvalue weighted by Gasteiger charge is -2.26. The third kappa shape index (κ3) is 5.77. The van der Waals surface area contributed by atoms with Gasteiger partial charge in [0, 0.05) is 37.7 Å². The summed E-state index contributed by atoms with van der Waals surface area (Å²) in [6.07, 6.45) is 5.25. The van der Waals surface area contributed by atoms with Gasteiger partial charge in [-0.05, 0) is 31.0 Å². The van der Waals surface area contributed by atoms with Gasteiger partial charge in [0.2, 0.25) is 15.9 Å². The number of amides is 2. The summed E-state index contributed by atoms with van der Waals surface area (Å²) in [6, 6.07) is 6.02. The van der Waals surface area contributed by atoms with Gasteiger partial charge >= 0.3 is 0 Å². The summed E-state index contributed by atoms with van der Waals surface area (Å²) in [4.78, 5) is 24.6. The second kappa shape index (κ2) is 10.2. The molecule has 0 radical (unpaired) electrons. The summed E-state index contributed by atoms with van der Waals surface area (Å²) in [7, 11) is -3.65. The first kappa shape index (κ1) is 21.7. The SMILES string of the molecule is O=C(NCCNC(=O)C1CCCCC1)c1cccc(S(=O)(=O)N2CCOCC2)c1. The van der Waals surface area contributed by atoms with Gasteiger partial charge < -0.3 is 15.4 Å². The van der Waals surface area contributed by atoms with Crippen LogP contribution >= 0.6 is 0 Å². The lowest BCUT2D eigenvalue weighted by atomic mass is 9.89. The molecule has 2 amide bonds. The summed E-state index contributed by atoms with van der Waals surface area (Å²) < 4.78 is 32.0. The monoisotopic (exact) mass is 423 g/mol. The van der Waals surface area contributed by atoms with Crippen molar-refractivity contribution < 1.29 is 22.7 Å². The lowest BCUT2D eigenvalue weighted by Crippen LogP contribution is -2.40. The predicted octanol–water partition coefficient (Wildman–Crippen LogP) is 1.13. The van der Waals surface area contributed by atoms with Gasteiger partial charge in [-0.1, -0.05) is 25.3 Å². The Morgan fingerprint density at radius 1 is 1.03 bits per heavy atom. The van der Waals surface area contributed by atoms with E-state index in [1.165, 1.54) is 22.9 Å². The molecule has 1 saturated carbocycles. The number of nitrogens with one attached hydrogen (secondary N) is 2. The molecule has 3 rings (SSSR count). The molecule has 1 aromatic rings. The van der Waals surface area contributed by atoms with Gasteiger partial charge in [0.25, 0.3) is 5.91 Å². The van der Waals surface area contributed by atoms with Crippen molar-refractivity contribution in [2.45, 2.75) is 37.0 Å². The number of sulfonamides is 1. The zero-order chi connectivity index (χ0) is 20.7. The molecule has 0 atom stereocenters. The molecule has 1 aliphatic carbocycles. The molecule has 1 heterocycles. The molecule has 160 valence electrons. The molecule has 0 spiro atoms. The van der Waals surface area contributed by atoms with E-state index in [0.29, 0.717) is 32.8 Å². The zero-order valence-corrected chi connectivity index (χ0v) is 17.4. The maximum absolute atomic E-state index is 12.7. The highest BCUT2D eigenvalue weighted by Gasteiger charge is 2.27. The molecule has 0 unspecified atom stereocenters. The number of benzene rings is 1. The molecule has 0 bridgehead atoms. The van der Waals surface area contributed by atoms with Crippen LogP contribution in [-0.4, -0.2) is 63.9 Å². The van der Waals surface area contributed by atoms with Crippen molar-refractivity contribution in [1.29, 1.82) is 0 Å². The first-order valence-corrected chi connectivity index (χ1v) is 11.7. The van der Waals surface area contributed by atoms with Crippen LogP contribution in [0, 0.1) is 5.92 Å². The van der Waals surface area contributed by atoms with E-state index in [1.54, 1.807) is 12.1 Å². The van der Waals surface area contributed by atoms with Gasteiger partial charge in [-0.15, -0.1) is 0 Å². The Labute approximate surface area is 172 Å². The van der Waals surface area contributed by atoms with Crippen molar-refractivity contribution >= 4 is 21.8 Å². The maximum atomic E-state index is 12.7. The Morgan fingerprint density at radius 3 is 2.45 bits per heavy atom. The number of carbonyl (C=O) groups is 2. The predicted molar refractivity (Wildman–Crippen MR) is 108 cm³/mol. The van der Waals surface area contributed by atoms with Gasteiger partial charge in [0.1, 0.15) is 0 Å². The van der Waals surface area contributed by atoms with Crippen molar-refractivity contribution in [3.8, 4) is 0 Å². The third-order valence-electron chi connectivity index (χ3n) is 5.39. The first-order valence-electron chi connectivity index (χ1n) is 10.2. The van der Waals surface area contributed by atoms with Crippen molar-refractivity contribution in [2.75, 3.05) is 39.4 Å². The minimum Gasteiger partial charge on any atom is -0.379 e. The molecule has 29 heavy (non-hydrogen) atoms. The Bertz CT molecular complexity index is 815. The fourth-order valence-corrected chi connectivity index (χ4v) is 5.16. The molecule has 9 heteroatoms. The molecule has 2 fully saturated rings. The number of morpholine rings is 1. The number of carbonyl (C=O) groups excluding carboxylic acids is 2. The maximum Gasteiger partial charge on any atom is 0.251 e. The van der Waals surface area contributed by atoms with Crippen LogP contribution < -0.4 is 10.6 Å². The number of rotatable bonds is 7. The van der Waals surface area contributed by atoms with Crippen molar-refractivity contribution in [3.05, 3.63) is 29.8 Å². The van der Waals surface area contributed by atoms with E-state index in [-0.39, 0.29) is 34.7 Å². The van der Waals surface area contributed by atoms with Crippen LogP contribution in [0.2, 0.25) is 0 Å². The molecule has 2 aliphatic rings. The van der Waals surface area contributed by atoms with E-state index in [0.717, 1.165) is 25.7 Å². The van der Waals surface area contributed by atoms with Gasteiger partial charge in [-0.2, -0.15) is 4.31 Å². The lowest BCUT2D eigenvalue weighted by molar-refractivity contribution is -0.125. The highest BCUT2D eigenvalue weighted by molar-refractivity contribution is 7.89. The van der Waals surface area contributed by atoms with Crippen LogP contribution in [0.3, 0.4) is 0 Å². The van der Waals surface area contributed by atoms with Crippen molar-refractivity contribution in [3.63, 3.8) is 0 Å². The normalized spacial score (nSPS) is 18.9. The number of ether oxygens (including phenoxy) is 1. The smallest absolute Gasteiger partial charge is 0.251 e. The van der Waals surface area contributed by atoms with E-state index in [4.69, 9.17) is 4.74 Å². The average Bonchev–Trinajstić information content (AvgIpc) is 2.77. The fourth-order valence-electron chi connectivity index (χ4n) is 3.71. The summed E-state index contributed by atoms with van der Waals surface area (Å²) >= 11 is 0. The molecular formula is C20H29N3O5S. The van der Waals surface area contributed by atoms with Gasteiger partial charge in [-0.3, -0.25) is 9.59 Å². The van der Waals surface area contributed by atoms with E-state index >= 15 is 0 Å². The minimum atomic E-state index is -3.65. The van der Waals surface area contributed by atoms with E-state index in [9.17, 15) is 18.0 Å². The standard InChI is InChI=1S/C20H29N3O5S/c24-19(16-5-2-1-3-6-16)21-9-10-22-20(25)17-7-4-8-18(15-17)29(26,27)23-11-13-28-14-12-23/h4,7-8,15-16H,1-3,5-6,9-14H2,(H,21,24)(H,22,25). The van der Waals surface area contributed by atoms with Crippen molar-refractivity contribution in [2.24, 2.45) is 5.92 Å². The van der Waals surface area contributed by atoms with Crippen LogP contribution in [0.15, 0.2) is 29.2 Å². The van der Waals surface area contributed by atoms with Crippen LogP contribution in [0.25, 0.3) is 0 Å². The average molecular weight is 424 g/mol. The Hall–Kier alpha value is -1.97. The van der Waals surface area contributed by atoms with Gasteiger partial charge in [0.05, 0.1) is 18.1 Å². The quantitative estimate of drug-likeness (QED) is 0.640. The first-order chi connectivity index (χ1) is 14.0. The Kier molecular flexibility index (Phi) is 7.63. The molecular weight excluding hydrogens is 394 g/mol. The summed E-state index contributed by atoms with van der Waals surface area (Å²) in [6.45, 7) is 1.99. The van der Waals surface area contributed by atoms with Crippen LogP contribution in [-0.2, 0) is 19.6 Å². The largest absolute Gasteiger partial charge is 0.379 e. The fraction of sp³-hybridized carbons (Fsp3) is 0.600. The number of hydrogen-bond donors (Lipinski definition) is 2. The molecule has 2 N–H and O–H groups in total. The molecule has 1 aliphatic heterocycles. The topological polar surface area (TPSA) is 105 Å². The second-order valence-corrected chi connectivity index (χ2v) is 9.36. The minimum absolute atomic E-state index is 0.0533. The van der Waals surface area contributed by atoms with Crippen molar-refractivity contribution in [1.82, 2.24) is 14.9 Å². The number of hydrogen-bond acceptors (Lipinski definition) is 5. The van der Waals surface area contributed by atoms with Gasteiger partial charge in [0.15, 0.2) is 0 Å². The molecule has 0 aromatic heterocycles. The van der Waals surface area contributed by atoms with Crippen LogP contribution in [0.1, 0.15) is 42.5 Å². The van der Waals surface area contributed by atoms with E-state index in [1.807, 2.05) is 0 Å². The Morgan fingerprint density at radius 2 is 1.72 bits per heavy atom. The van der Waals surface area contributed by atoms with Crippen LogP contribution in [0.4, 0.5) is 0 Å². The van der Waals surface area contributed by atoms with E-state index in [2.05, 4.69) is 10.6 Å². The molecule has 1 aromatic carbocycles. The van der Waals surface area contributed by atoms with Gasteiger partial charge in [-0.25, -0.2) is 8.42 Å². The summed E-state index contributed by atoms with van der Waals surface area (Å²) in [5.41, 5.74) is 0.276. The highest BCUT2D eigenvalue weighted by Crippen LogP contribution is 2.23. The molecule has 8 nitrogen and oxygen atoms in total. The zero-order valence-electron chi connectivity index (χ0n) is 16.6. The highest BCUT2D eigenvalue weighted by atomic mass is 32.2. The summed E-state index contributed by atoms with van der Waals surface area (Å²) in [5, 5.41) is 5.60. The molecule has 1 saturated heterocycles. The van der Waals surface area contributed by atoms with Crippen LogP contribution in [0.5, 0.6) is 0 Å². The third-order valence-corrected chi connectivity index (χ3v) is 7.28. The van der Waals surface area contributed by atoms with E-state index < -0.39 is 10.0 Å². The number of nitrogens with zero attached hydrogens (tertiary/aromatic N) is 1. The summed E-state index contributed by atoms with van der Waals surface area (Å²) in [5.74, 6) is -0.227. The Balaban J connectivity index is 1.50.